The number of hydrogen-bond acceptors (Lipinski definition) is 1. The molecule has 0 aliphatic carbocycles. The summed E-state index contributed by atoms with van der Waals surface area (Å²) in [6, 6.07) is 0. The van der Waals surface area contributed by atoms with E-state index in [0.29, 0.717) is 2.83 Å². The number of rotatable bonds is 2. The van der Waals surface area contributed by atoms with Crippen LogP contribution in [0.1, 0.15) is 13.8 Å². The summed E-state index contributed by atoms with van der Waals surface area (Å²) in [5.74, 6) is 0. The average molecular weight is 293 g/mol. The maximum absolute atomic E-state index is 5.14. The second-order valence-electron chi connectivity index (χ2n) is 2.11. The van der Waals surface area contributed by atoms with Crippen LogP contribution >= 0.6 is 38.5 Å². The van der Waals surface area contributed by atoms with Crippen molar-refractivity contribution in [3.05, 3.63) is 0 Å². The molecule has 1 unspecified atom stereocenters. The SMILES string of the molecule is COC(C)(C)C(Br)I. The lowest BCUT2D eigenvalue weighted by Gasteiger charge is -2.24. The molecular weight excluding hydrogens is 283 g/mol. The molecule has 50 valence electrons. The summed E-state index contributed by atoms with van der Waals surface area (Å²) >= 11 is 5.69. The van der Waals surface area contributed by atoms with Gasteiger partial charge in [0.2, 0.25) is 0 Å². The largest absolute Gasteiger partial charge is 0.377 e. The second kappa shape index (κ2) is 3.37. The molecule has 0 aliphatic heterocycles. The molecule has 0 aromatic heterocycles. The van der Waals surface area contributed by atoms with E-state index in [1.54, 1.807) is 7.11 Å². The summed E-state index contributed by atoms with van der Waals surface area (Å²) in [4.78, 5) is 0. The van der Waals surface area contributed by atoms with Crippen LogP contribution in [-0.4, -0.2) is 15.5 Å². The number of halogens is 2. The van der Waals surface area contributed by atoms with Crippen molar-refractivity contribution >= 4 is 38.5 Å². The molecule has 1 nitrogen and oxygen atoms in total. The van der Waals surface area contributed by atoms with Crippen LogP contribution in [-0.2, 0) is 4.74 Å². The van der Waals surface area contributed by atoms with Crippen molar-refractivity contribution in [2.75, 3.05) is 7.11 Å². The van der Waals surface area contributed by atoms with Crippen molar-refractivity contribution in [3.8, 4) is 0 Å². The molecule has 0 rings (SSSR count). The summed E-state index contributed by atoms with van der Waals surface area (Å²) in [6.07, 6.45) is 0. The monoisotopic (exact) mass is 292 g/mol. The van der Waals surface area contributed by atoms with E-state index in [9.17, 15) is 0 Å². The van der Waals surface area contributed by atoms with Crippen LogP contribution in [0.3, 0.4) is 0 Å². The highest BCUT2D eigenvalue weighted by Gasteiger charge is 2.23. The van der Waals surface area contributed by atoms with Crippen molar-refractivity contribution in [1.29, 1.82) is 0 Å². The number of hydrogen-bond donors (Lipinski definition) is 0. The van der Waals surface area contributed by atoms with E-state index in [1.807, 2.05) is 13.8 Å². The molecule has 0 aliphatic rings. The lowest BCUT2D eigenvalue weighted by atomic mass is 10.2. The van der Waals surface area contributed by atoms with Gasteiger partial charge in [-0.3, -0.25) is 0 Å². The Morgan fingerprint density at radius 1 is 1.62 bits per heavy atom. The van der Waals surface area contributed by atoms with Gasteiger partial charge in [0.15, 0.2) is 0 Å². The Kier molecular flexibility index (Phi) is 3.86. The zero-order valence-electron chi connectivity index (χ0n) is 5.24. The van der Waals surface area contributed by atoms with Gasteiger partial charge in [0.25, 0.3) is 0 Å². The fourth-order valence-electron chi connectivity index (χ4n) is 0.0891. The Labute approximate surface area is 72.4 Å². The molecule has 0 amide bonds. The Morgan fingerprint density at radius 2 is 2.00 bits per heavy atom. The van der Waals surface area contributed by atoms with Gasteiger partial charge < -0.3 is 4.74 Å². The highest BCUT2D eigenvalue weighted by molar-refractivity contribution is 14.1. The zero-order valence-corrected chi connectivity index (χ0v) is 8.99. The Bertz CT molecular complexity index is 72.8. The second-order valence-corrected chi connectivity index (χ2v) is 5.98. The third-order valence-corrected chi connectivity index (χ3v) is 3.65. The van der Waals surface area contributed by atoms with Crippen LogP contribution in [0.25, 0.3) is 0 Å². The highest BCUT2D eigenvalue weighted by Crippen LogP contribution is 2.26. The standard InChI is InChI=1S/C5H10BrIO/c1-5(2,8-3)4(6)7/h4H,1-3H3. The van der Waals surface area contributed by atoms with E-state index in [2.05, 4.69) is 38.5 Å². The molecular formula is C5H10BrIO. The predicted molar refractivity (Wildman–Crippen MR) is 47.8 cm³/mol. The Morgan fingerprint density at radius 3 is 2.00 bits per heavy atom. The summed E-state index contributed by atoms with van der Waals surface area (Å²) in [7, 11) is 1.72. The topological polar surface area (TPSA) is 9.23 Å². The quantitative estimate of drug-likeness (QED) is 0.561. The number of ether oxygens (including phenoxy) is 1. The van der Waals surface area contributed by atoms with E-state index >= 15 is 0 Å². The average Bonchev–Trinajstić information content (AvgIpc) is 1.67. The van der Waals surface area contributed by atoms with E-state index in [4.69, 9.17) is 4.74 Å². The molecule has 0 N–H and O–H groups in total. The lowest BCUT2D eigenvalue weighted by Crippen LogP contribution is -2.29. The summed E-state index contributed by atoms with van der Waals surface area (Å²) in [5.41, 5.74) is -0.0550. The molecule has 0 fully saturated rings. The molecule has 3 heteroatoms. The summed E-state index contributed by atoms with van der Waals surface area (Å²) in [6.45, 7) is 4.08. The third kappa shape index (κ3) is 2.64. The molecule has 0 saturated carbocycles. The first-order valence-electron chi connectivity index (χ1n) is 2.34. The maximum atomic E-state index is 5.14. The van der Waals surface area contributed by atoms with Gasteiger partial charge >= 0.3 is 0 Å². The van der Waals surface area contributed by atoms with Crippen molar-refractivity contribution in [2.24, 2.45) is 0 Å². The summed E-state index contributed by atoms with van der Waals surface area (Å²) < 4.78 is 5.52. The van der Waals surface area contributed by atoms with Crippen LogP contribution in [0.4, 0.5) is 0 Å². The normalized spacial score (nSPS) is 16.1. The van der Waals surface area contributed by atoms with Gasteiger partial charge in [-0.1, -0.05) is 38.5 Å². The minimum atomic E-state index is -0.0550. The van der Waals surface area contributed by atoms with Gasteiger partial charge in [0.05, 0.1) is 8.43 Å². The maximum Gasteiger partial charge on any atom is 0.0945 e. The van der Waals surface area contributed by atoms with Crippen molar-refractivity contribution in [3.63, 3.8) is 0 Å². The number of methoxy groups -OCH3 is 1. The Balaban J connectivity index is 3.71. The molecule has 0 heterocycles. The number of alkyl halides is 2. The van der Waals surface area contributed by atoms with Gasteiger partial charge in [-0.25, -0.2) is 0 Å². The van der Waals surface area contributed by atoms with Crippen molar-refractivity contribution in [1.82, 2.24) is 0 Å². The minimum Gasteiger partial charge on any atom is -0.377 e. The first-order chi connectivity index (χ1) is 3.50. The fraction of sp³-hybridized carbons (Fsp3) is 1.00. The van der Waals surface area contributed by atoms with Gasteiger partial charge in [-0.05, 0) is 13.8 Å². The lowest BCUT2D eigenvalue weighted by molar-refractivity contribution is 0.0415. The minimum absolute atomic E-state index is 0.0550. The Hall–Kier alpha value is 1.17. The van der Waals surface area contributed by atoms with Crippen LogP contribution < -0.4 is 0 Å². The zero-order chi connectivity index (χ0) is 6.78. The predicted octanol–water partition coefficient (Wildman–Crippen LogP) is 2.57. The molecule has 0 bridgehead atoms. The molecule has 0 radical (unpaired) electrons. The highest BCUT2D eigenvalue weighted by atomic mass is 127. The summed E-state index contributed by atoms with van der Waals surface area (Å²) in [5, 5.41) is 0. The molecule has 0 spiro atoms. The van der Waals surface area contributed by atoms with Crippen LogP contribution in [0, 0.1) is 0 Å². The van der Waals surface area contributed by atoms with Gasteiger partial charge in [-0.15, -0.1) is 0 Å². The van der Waals surface area contributed by atoms with E-state index in [1.165, 1.54) is 0 Å². The molecule has 1 atom stereocenters. The van der Waals surface area contributed by atoms with Crippen LogP contribution in [0.5, 0.6) is 0 Å². The van der Waals surface area contributed by atoms with Gasteiger partial charge in [-0.2, -0.15) is 0 Å². The van der Waals surface area contributed by atoms with Crippen molar-refractivity contribution < 1.29 is 4.74 Å². The smallest absolute Gasteiger partial charge is 0.0945 e. The van der Waals surface area contributed by atoms with Crippen LogP contribution in [0.2, 0.25) is 0 Å². The van der Waals surface area contributed by atoms with Gasteiger partial charge in [0, 0.05) is 7.11 Å². The molecule has 0 saturated heterocycles. The fourth-order valence-corrected chi connectivity index (χ4v) is 0.530. The van der Waals surface area contributed by atoms with Gasteiger partial charge in [0.1, 0.15) is 0 Å². The first-order valence-corrected chi connectivity index (χ1v) is 4.50. The third-order valence-electron chi connectivity index (χ3n) is 1.05. The molecule has 0 aromatic rings. The van der Waals surface area contributed by atoms with E-state index < -0.39 is 0 Å². The first kappa shape index (κ1) is 9.17. The molecule has 8 heavy (non-hydrogen) atoms. The molecule has 0 aromatic carbocycles. The van der Waals surface area contributed by atoms with E-state index in [-0.39, 0.29) is 5.60 Å². The van der Waals surface area contributed by atoms with Crippen LogP contribution in [0.15, 0.2) is 0 Å². The van der Waals surface area contributed by atoms with E-state index in [0.717, 1.165) is 0 Å². The van der Waals surface area contributed by atoms with Crippen molar-refractivity contribution in [2.45, 2.75) is 22.3 Å².